The van der Waals surface area contributed by atoms with Crippen molar-refractivity contribution >= 4 is 5.91 Å². The van der Waals surface area contributed by atoms with Crippen molar-refractivity contribution in [2.24, 2.45) is 17.6 Å². The molecule has 0 aromatic carbocycles. The molecule has 1 heterocycles. The van der Waals surface area contributed by atoms with Gasteiger partial charge in [-0.2, -0.15) is 0 Å². The van der Waals surface area contributed by atoms with Crippen molar-refractivity contribution in [2.75, 3.05) is 26.8 Å². The summed E-state index contributed by atoms with van der Waals surface area (Å²) in [6.07, 6.45) is 2.87. The van der Waals surface area contributed by atoms with Crippen molar-refractivity contribution in [3.8, 4) is 0 Å². The number of carbonyl (C=O) groups excluding carboxylic acids is 1. The number of amides is 1. The fourth-order valence-corrected chi connectivity index (χ4v) is 2.30. The molecule has 0 spiro atoms. The van der Waals surface area contributed by atoms with Crippen LogP contribution in [-0.4, -0.2) is 43.7 Å². The Hall–Kier alpha value is -0.610. The molecule has 4 heteroatoms. The van der Waals surface area contributed by atoms with Crippen molar-refractivity contribution in [1.82, 2.24) is 4.90 Å². The van der Waals surface area contributed by atoms with Crippen LogP contribution in [0.3, 0.4) is 0 Å². The maximum atomic E-state index is 12.0. The van der Waals surface area contributed by atoms with Crippen LogP contribution in [0.5, 0.6) is 0 Å². The number of rotatable bonds is 5. The maximum Gasteiger partial charge on any atom is 0.239 e. The Bertz CT molecular complexity index is 238. The lowest BCUT2D eigenvalue weighted by molar-refractivity contribution is -0.132. The molecule has 0 unspecified atom stereocenters. The average Bonchev–Trinajstić information content (AvgIpc) is 2.28. The van der Waals surface area contributed by atoms with E-state index in [9.17, 15) is 4.79 Å². The van der Waals surface area contributed by atoms with Crippen molar-refractivity contribution in [1.29, 1.82) is 0 Å². The third kappa shape index (κ3) is 5.04. The van der Waals surface area contributed by atoms with Gasteiger partial charge in [0.1, 0.15) is 0 Å². The van der Waals surface area contributed by atoms with Gasteiger partial charge in [0.2, 0.25) is 5.91 Å². The molecule has 1 aliphatic rings. The average molecular weight is 242 g/mol. The highest BCUT2D eigenvalue weighted by molar-refractivity contribution is 5.81. The molecule has 1 fully saturated rings. The third-order valence-electron chi connectivity index (χ3n) is 3.29. The molecular formula is C13H26N2O2. The van der Waals surface area contributed by atoms with Gasteiger partial charge in [-0.25, -0.2) is 0 Å². The fourth-order valence-electron chi connectivity index (χ4n) is 2.30. The minimum atomic E-state index is -0.347. The van der Waals surface area contributed by atoms with Crippen LogP contribution in [0.25, 0.3) is 0 Å². The number of hydrogen-bond acceptors (Lipinski definition) is 3. The number of carbonyl (C=O) groups is 1. The normalized spacial score (nSPS) is 19.4. The van der Waals surface area contributed by atoms with Gasteiger partial charge in [0.15, 0.2) is 0 Å². The zero-order valence-corrected chi connectivity index (χ0v) is 11.3. The number of nitrogens with two attached hydrogens (primary N) is 1. The first-order valence-corrected chi connectivity index (χ1v) is 6.59. The highest BCUT2D eigenvalue weighted by Crippen LogP contribution is 2.16. The fraction of sp³-hybridized carbons (Fsp3) is 0.923. The molecule has 17 heavy (non-hydrogen) atoms. The Kier molecular flexibility index (Phi) is 5.92. The molecule has 1 rings (SSSR count). The van der Waals surface area contributed by atoms with Gasteiger partial charge in [0.25, 0.3) is 0 Å². The van der Waals surface area contributed by atoms with Gasteiger partial charge in [0.05, 0.1) is 6.04 Å². The molecular weight excluding hydrogens is 216 g/mol. The summed E-state index contributed by atoms with van der Waals surface area (Å²) >= 11 is 0. The second-order valence-electron chi connectivity index (χ2n) is 5.51. The lowest BCUT2D eigenvalue weighted by Gasteiger charge is -2.29. The molecule has 0 saturated carbocycles. The van der Waals surface area contributed by atoms with Crippen LogP contribution in [0, 0.1) is 11.8 Å². The Morgan fingerprint density at radius 3 is 2.53 bits per heavy atom. The molecule has 0 bridgehead atoms. The molecule has 4 nitrogen and oxygen atoms in total. The topological polar surface area (TPSA) is 55.6 Å². The van der Waals surface area contributed by atoms with Gasteiger partial charge in [0, 0.05) is 26.8 Å². The van der Waals surface area contributed by atoms with Crippen molar-refractivity contribution in [2.45, 2.75) is 39.2 Å². The van der Waals surface area contributed by atoms with Crippen LogP contribution >= 0.6 is 0 Å². The highest BCUT2D eigenvalue weighted by Gasteiger charge is 2.22. The van der Waals surface area contributed by atoms with E-state index in [0.717, 1.165) is 39.0 Å². The zero-order valence-electron chi connectivity index (χ0n) is 11.3. The monoisotopic (exact) mass is 242 g/mol. The Labute approximate surface area is 104 Å². The number of likely N-dealkylation sites (N-methyl/N-ethyl adjacent to an activating group) is 1. The van der Waals surface area contributed by atoms with E-state index < -0.39 is 0 Å². The maximum absolute atomic E-state index is 12.0. The third-order valence-corrected chi connectivity index (χ3v) is 3.29. The highest BCUT2D eigenvalue weighted by atomic mass is 16.5. The molecule has 1 atom stereocenters. The van der Waals surface area contributed by atoms with Gasteiger partial charge in [-0.15, -0.1) is 0 Å². The van der Waals surface area contributed by atoms with E-state index >= 15 is 0 Å². The van der Waals surface area contributed by atoms with Crippen molar-refractivity contribution in [3.63, 3.8) is 0 Å². The van der Waals surface area contributed by atoms with Crippen LogP contribution in [0.15, 0.2) is 0 Å². The van der Waals surface area contributed by atoms with E-state index in [0.29, 0.717) is 11.8 Å². The first kappa shape index (κ1) is 14.5. The first-order valence-electron chi connectivity index (χ1n) is 6.59. The largest absolute Gasteiger partial charge is 0.381 e. The van der Waals surface area contributed by atoms with Crippen LogP contribution in [0.1, 0.15) is 33.1 Å². The lowest BCUT2D eigenvalue weighted by Crippen LogP contribution is -2.44. The van der Waals surface area contributed by atoms with E-state index in [1.54, 1.807) is 4.90 Å². The zero-order chi connectivity index (χ0) is 12.8. The summed E-state index contributed by atoms with van der Waals surface area (Å²) in [5.74, 6) is 1.11. The van der Waals surface area contributed by atoms with Crippen LogP contribution in [0.4, 0.5) is 0 Å². The second-order valence-corrected chi connectivity index (χ2v) is 5.51. The van der Waals surface area contributed by atoms with Gasteiger partial charge in [-0.1, -0.05) is 13.8 Å². The molecule has 0 radical (unpaired) electrons. The van der Waals surface area contributed by atoms with Gasteiger partial charge in [-0.05, 0) is 31.1 Å². The van der Waals surface area contributed by atoms with Gasteiger partial charge in [-0.3, -0.25) is 4.79 Å². The molecule has 1 amide bonds. The molecule has 0 aliphatic carbocycles. The minimum Gasteiger partial charge on any atom is -0.381 e. The van der Waals surface area contributed by atoms with Crippen molar-refractivity contribution < 1.29 is 9.53 Å². The Morgan fingerprint density at radius 2 is 2.00 bits per heavy atom. The minimum absolute atomic E-state index is 0.0743. The predicted molar refractivity (Wildman–Crippen MR) is 68.6 cm³/mol. The molecule has 100 valence electrons. The van der Waals surface area contributed by atoms with E-state index in [1.807, 2.05) is 7.05 Å². The molecule has 0 aromatic heterocycles. The standard InChI is InChI=1S/C13H26N2O2/c1-10(2)8-12(14)13(16)15(3)9-11-4-6-17-7-5-11/h10-12H,4-9,14H2,1-3H3/t12-/m1/s1. The van der Waals surface area contributed by atoms with Crippen LogP contribution in [0.2, 0.25) is 0 Å². The first-order chi connectivity index (χ1) is 8.00. The van der Waals surface area contributed by atoms with Crippen molar-refractivity contribution in [3.05, 3.63) is 0 Å². The molecule has 0 aromatic rings. The number of ether oxygens (including phenoxy) is 1. The summed E-state index contributed by atoms with van der Waals surface area (Å²) in [4.78, 5) is 13.8. The summed E-state index contributed by atoms with van der Waals surface area (Å²) < 4.78 is 5.31. The summed E-state index contributed by atoms with van der Waals surface area (Å²) in [6.45, 7) is 6.64. The van der Waals surface area contributed by atoms with Crippen LogP contribution in [-0.2, 0) is 9.53 Å². The molecule has 1 saturated heterocycles. The molecule has 2 N–H and O–H groups in total. The summed E-state index contributed by atoms with van der Waals surface area (Å²) in [5, 5.41) is 0. The van der Waals surface area contributed by atoms with E-state index in [2.05, 4.69) is 13.8 Å². The SMILES string of the molecule is CC(C)C[C@@H](N)C(=O)N(C)CC1CCOCC1. The summed E-state index contributed by atoms with van der Waals surface area (Å²) in [7, 11) is 1.86. The Morgan fingerprint density at radius 1 is 1.41 bits per heavy atom. The number of nitrogens with zero attached hydrogens (tertiary/aromatic N) is 1. The predicted octanol–water partition coefficient (Wildman–Crippen LogP) is 1.24. The quantitative estimate of drug-likeness (QED) is 0.789. The summed E-state index contributed by atoms with van der Waals surface area (Å²) in [6, 6.07) is -0.347. The number of hydrogen-bond donors (Lipinski definition) is 1. The van der Waals surface area contributed by atoms with Crippen LogP contribution < -0.4 is 5.73 Å². The Balaban J connectivity index is 2.34. The molecule has 1 aliphatic heterocycles. The second kappa shape index (κ2) is 6.97. The lowest BCUT2D eigenvalue weighted by atomic mass is 9.99. The smallest absolute Gasteiger partial charge is 0.239 e. The van der Waals surface area contributed by atoms with E-state index in [-0.39, 0.29) is 11.9 Å². The van der Waals surface area contributed by atoms with E-state index in [1.165, 1.54) is 0 Å². The van der Waals surface area contributed by atoms with E-state index in [4.69, 9.17) is 10.5 Å². The van der Waals surface area contributed by atoms with Gasteiger partial charge < -0.3 is 15.4 Å². The van der Waals surface area contributed by atoms with Gasteiger partial charge >= 0.3 is 0 Å². The summed E-state index contributed by atoms with van der Waals surface area (Å²) in [5.41, 5.74) is 5.91.